The highest BCUT2D eigenvalue weighted by atomic mass is 35.5. The molecule has 2 aromatic rings. The zero-order valence-corrected chi connectivity index (χ0v) is 10.3. The lowest BCUT2D eigenvalue weighted by Gasteiger charge is -2.08. The van der Waals surface area contributed by atoms with Crippen molar-refractivity contribution >= 4 is 22.5 Å². The van der Waals surface area contributed by atoms with Gasteiger partial charge < -0.3 is 4.74 Å². The molecule has 0 fully saturated rings. The van der Waals surface area contributed by atoms with Gasteiger partial charge in [-0.3, -0.25) is 14.9 Å². The third kappa shape index (κ3) is 3.08. The van der Waals surface area contributed by atoms with Crippen LogP contribution in [0.5, 0.6) is 11.5 Å². The zero-order valence-electron chi connectivity index (χ0n) is 9.58. The quantitative estimate of drug-likeness (QED) is 0.484. The van der Waals surface area contributed by atoms with Gasteiger partial charge in [0, 0.05) is 6.07 Å². The number of hydrogen-bond donors (Lipinski definition) is 0. The number of para-hydroxylation sites is 1. The van der Waals surface area contributed by atoms with Crippen LogP contribution in [0.2, 0.25) is 0 Å². The van der Waals surface area contributed by atoms with Gasteiger partial charge in [0.2, 0.25) is 0 Å². The Morgan fingerprint density at radius 1 is 1.16 bits per heavy atom. The molecule has 0 amide bonds. The standard InChI is InChI=1S/C13H8ClNO4/c14-13(16)11-6-1-2-7-12(11)19-10-5-3-4-9(8-10)15(17)18/h1-8H. The average Bonchev–Trinajstić information content (AvgIpc) is 2.39. The zero-order chi connectivity index (χ0) is 13.8. The van der Waals surface area contributed by atoms with E-state index in [4.69, 9.17) is 16.3 Å². The molecule has 19 heavy (non-hydrogen) atoms. The van der Waals surface area contributed by atoms with Crippen molar-refractivity contribution < 1.29 is 14.5 Å². The number of nitro groups is 1. The third-order valence-corrected chi connectivity index (χ3v) is 2.56. The number of nitro benzene ring substituents is 1. The lowest BCUT2D eigenvalue weighted by molar-refractivity contribution is -0.384. The maximum atomic E-state index is 11.2. The predicted molar refractivity (Wildman–Crippen MR) is 69.8 cm³/mol. The Bertz CT molecular complexity index is 642. The smallest absolute Gasteiger partial charge is 0.273 e. The molecular formula is C13H8ClNO4. The number of nitrogens with zero attached hydrogens (tertiary/aromatic N) is 1. The van der Waals surface area contributed by atoms with Crippen LogP contribution in [0, 0.1) is 10.1 Å². The van der Waals surface area contributed by atoms with Crippen LogP contribution in [0.15, 0.2) is 48.5 Å². The van der Waals surface area contributed by atoms with Crippen molar-refractivity contribution in [3.8, 4) is 11.5 Å². The van der Waals surface area contributed by atoms with Crippen molar-refractivity contribution in [1.82, 2.24) is 0 Å². The highest BCUT2D eigenvalue weighted by Crippen LogP contribution is 2.28. The molecule has 0 bridgehead atoms. The van der Waals surface area contributed by atoms with E-state index >= 15 is 0 Å². The maximum absolute atomic E-state index is 11.2. The minimum absolute atomic E-state index is 0.0906. The van der Waals surface area contributed by atoms with E-state index in [9.17, 15) is 14.9 Å². The Balaban J connectivity index is 2.34. The van der Waals surface area contributed by atoms with Gasteiger partial charge in [0.1, 0.15) is 11.5 Å². The number of carbonyl (C=O) groups excluding carboxylic acids is 1. The molecule has 5 nitrogen and oxygen atoms in total. The Labute approximate surface area is 113 Å². The van der Waals surface area contributed by atoms with Gasteiger partial charge >= 0.3 is 0 Å². The first kappa shape index (κ1) is 13.0. The molecule has 0 spiro atoms. The summed E-state index contributed by atoms with van der Waals surface area (Å²) in [7, 11) is 0. The number of hydrogen-bond acceptors (Lipinski definition) is 4. The van der Waals surface area contributed by atoms with Crippen molar-refractivity contribution in [3.63, 3.8) is 0 Å². The molecule has 0 N–H and O–H groups in total. The number of rotatable bonds is 4. The van der Waals surface area contributed by atoms with Gasteiger partial charge in [-0.25, -0.2) is 0 Å². The van der Waals surface area contributed by atoms with Crippen LogP contribution in [-0.2, 0) is 0 Å². The van der Waals surface area contributed by atoms with Crippen LogP contribution in [0.1, 0.15) is 10.4 Å². The number of ether oxygens (including phenoxy) is 1. The predicted octanol–water partition coefficient (Wildman–Crippen LogP) is 3.77. The fourth-order valence-electron chi connectivity index (χ4n) is 1.51. The first-order chi connectivity index (χ1) is 9.08. The first-order valence-electron chi connectivity index (χ1n) is 5.29. The molecule has 0 aliphatic carbocycles. The summed E-state index contributed by atoms with van der Waals surface area (Å²) in [5, 5.41) is 10.0. The topological polar surface area (TPSA) is 69.4 Å². The molecule has 0 saturated heterocycles. The lowest BCUT2D eigenvalue weighted by Crippen LogP contribution is -1.95. The fourth-order valence-corrected chi connectivity index (χ4v) is 1.66. The Kier molecular flexibility index (Phi) is 3.77. The molecule has 96 valence electrons. The van der Waals surface area contributed by atoms with Crippen molar-refractivity contribution in [3.05, 3.63) is 64.2 Å². The van der Waals surface area contributed by atoms with Gasteiger partial charge in [0.15, 0.2) is 0 Å². The highest BCUT2D eigenvalue weighted by molar-refractivity contribution is 6.68. The van der Waals surface area contributed by atoms with E-state index in [-0.39, 0.29) is 22.7 Å². The molecule has 6 heteroatoms. The Hall–Kier alpha value is -2.40. The van der Waals surface area contributed by atoms with E-state index in [2.05, 4.69) is 0 Å². The summed E-state index contributed by atoms with van der Waals surface area (Å²) in [5.41, 5.74) is 0.114. The van der Waals surface area contributed by atoms with Crippen LogP contribution in [-0.4, -0.2) is 10.2 Å². The summed E-state index contributed by atoms with van der Waals surface area (Å²) in [6.45, 7) is 0. The van der Waals surface area contributed by atoms with Crippen molar-refractivity contribution in [2.24, 2.45) is 0 Å². The van der Waals surface area contributed by atoms with E-state index < -0.39 is 10.2 Å². The second kappa shape index (κ2) is 5.49. The number of halogens is 1. The Morgan fingerprint density at radius 3 is 2.58 bits per heavy atom. The van der Waals surface area contributed by atoms with Crippen LogP contribution < -0.4 is 4.74 Å². The summed E-state index contributed by atoms with van der Waals surface area (Å²) >= 11 is 5.43. The third-order valence-electron chi connectivity index (χ3n) is 2.36. The van der Waals surface area contributed by atoms with E-state index in [1.165, 1.54) is 24.3 Å². The average molecular weight is 278 g/mol. The van der Waals surface area contributed by atoms with Crippen LogP contribution in [0.4, 0.5) is 5.69 Å². The monoisotopic (exact) mass is 277 g/mol. The summed E-state index contributed by atoms with van der Waals surface area (Å²) in [4.78, 5) is 21.3. The number of non-ortho nitro benzene ring substituents is 1. The maximum Gasteiger partial charge on any atom is 0.273 e. The van der Waals surface area contributed by atoms with E-state index in [1.54, 1.807) is 24.3 Å². The van der Waals surface area contributed by atoms with E-state index in [1.807, 2.05) is 0 Å². The lowest BCUT2D eigenvalue weighted by atomic mass is 10.2. The molecule has 0 atom stereocenters. The normalized spacial score (nSPS) is 9.95. The summed E-state index contributed by atoms with van der Waals surface area (Å²) in [5.74, 6) is 0.516. The van der Waals surface area contributed by atoms with Gasteiger partial charge in [-0.15, -0.1) is 0 Å². The molecule has 0 aromatic heterocycles. The highest BCUT2D eigenvalue weighted by Gasteiger charge is 2.12. The van der Waals surface area contributed by atoms with E-state index in [0.29, 0.717) is 0 Å². The minimum Gasteiger partial charge on any atom is -0.456 e. The molecular weight excluding hydrogens is 270 g/mol. The van der Waals surface area contributed by atoms with Crippen LogP contribution in [0.3, 0.4) is 0 Å². The van der Waals surface area contributed by atoms with Crippen LogP contribution in [0.25, 0.3) is 0 Å². The van der Waals surface area contributed by atoms with Crippen molar-refractivity contribution in [2.45, 2.75) is 0 Å². The largest absolute Gasteiger partial charge is 0.456 e. The van der Waals surface area contributed by atoms with E-state index in [0.717, 1.165) is 0 Å². The first-order valence-corrected chi connectivity index (χ1v) is 5.67. The van der Waals surface area contributed by atoms with Gasteiger partial charge in [0.05, 0.1) is 16.6 Å². The molecule has 0 radical (unpaired) electrons. The van der Waals surface area contributed by atoms with Crippen molar-refractivity contribution in [2.75, 3.05) is 0 Å². The summed E-state index contributed by atoms with van der Waals surface area (Å²) < 4.78 is 5.45. The summed E-state index contributed by atoms with van der Waals surface area (Å²) in [6, 6.07) is 12.1. The molecule has 0 heterocycles. The molecule has 2 rings (SSSR count). The molecule has 2 aromatic carbocycles. The summed E-state index contributed by atoms with van der Waals surface area (Å²) in [6.07, 6.45) is 0. The van der Waals surface area contributed by atoms with Gasteiger partial charge in [-0.05, 0) is 29.8 Å². The second-order valence-electron chi connectivity index (χ2n) is 3.63. The molecule has 0 unspecified atom stereocenters. The molecule has 0 saturated carbocycles. The fraction of sp³-hybridized carbons (Fsp3) is 0. The number of benzene rings is 2. The Morgan fingerprint density at radius 2 is 1.89 bits per heavy atom. The van der Waals surface area contributed by atoms with Gasteiger partial charge in [0.25, 0.3) is 10.9 Å². The SMILES string of the molecule is O=C(Cl)c1ccccc1Oc1cccc([N+](=O)[O-])c1. The van der Waals surface area contributed by atoms with Gasteiger partial charge in [-0.2, -0.15) is 0 Å². The second-order valence-corrected chi connectivity index (χ2v) is 3.97. The molecule has 0 aliphatic rings. The number of carbonyl (C=O) groups is 1. The molecule has 0 aliphatic heterocycles. The van der Waals surface area contributed by atoms with Gasteiger partial charge in [-0.1, -0.05) is 18.2 Å². The minimum atomic E-state index is -0.652. The van der Waals surface area contributed by atoms with Crippen molar-refractivity contribution in [1.29, 1.82) is 0 Å². The van der Waals surface area contributed by atoms with Crippen LogP contribution >= 0.6 is 11.6 Å².